The number of halogens is 5. The molecule has 0 aliphatic rings. The molecule has 0 aliphatic carbocycles. The normalized spacial score (nSPS) is 12.3. The number of anilines is 1. The molecular formula is C14H10ClF4NO. The van der Waals surface area contributed by atoms with Crippen molar-refractivity contribution in [2.24, 2.45) is 0 Å². The third kappa shape index (κ3) is 3.65. The van der Waals surface area contributed by atoms with E-state index in [0.29, 0.717) is 6.07 Å². The zero-order valence-electron chi connectivity index (χ0n) is 10.5. The van der Waals surface area contributed by atoms with Crippen LogP contribution < -0.4 is 5.32 Å². The van der Waals surface area contributed by atoms with Gasteiger partial charge in [0.25, 0.3) is 0 Å². The molecule has 2 aromatic carbocycles. The molecule has 2 N–H and O–H groups in total. The third-order valence-corrected chi connectivity index (χ3v) is 3.11. The van der Waals surface area contributed by atoms with Crippen LogP contribution >= 0.6 is 11.6 Å². The van der Waals surface area contributed by atoms with Crippen LogP contribution in [0.1, 0.15) is 11.7 Å². The molecule has 2 aromatic rings. The largest absolute Gasteiger partial charge is 0.387 e. The van der Waals surface area contributed by atoms with Gasteiger partial charge in [0.05, 0.1) is 16.8 Å². The van der Waals surface area contributed by atoms with Crippen molar-refractivity contribution in [2.75, 3.05) is 11.9 Å². The molecule has 0 spiro atoms. The molecule has 7 heteroatoms. The molecule has 1 atom stereocenters. The van der Waals surface area contributed by atoms with Gasteiger partial charge in [-0.1, -0.05) is 17.7 Å². The third-order valence-electron chi connectivity index (χ3n) is 2.81. The molecule has 0 bridgehead atoms. The summed E-state index contributed by atoms with van der Waals surface area (Å²) < 4.78 is 52.2. The minimum absolute atomic E-state index is 0.111. The van der Waals surface area contributed by atoms with Crippen molar-refractivity contribution in [2.45, 2.75) is 6.10 Å². The maximum atomic E-state index is 13.5. The van der Waals surface area contributed by atoms with Crippen molar-refractivity contribution in [3.05, 3.63) is 64.2 Å². The predicted molar refractivity (Wildman–Crippen MR) is 71.2 cm³/mol. The zero-order chi connectivity index (χ0) is 15.6. The molecule has 0 aliphatic heterocycles. The van der Waals surface area contributed by atoms with Gasteiger partial charge in [0.15, 0.2) is 17.5 Å². The molecule has 0 saturated carbocycles. The quantitative estimate of drug-likeness (QED) is 0.834. The van der Waals surface area contributed by atoms with E-state index >= 15 is 0 Å². The van der Waals surface area contributed by atoms with Crippen LogP contribution in [0, 0.1) is 23.3 Å². The first-order valence-corrected chi connectivity index (χ1v) is 6.27. The summed E-state index contributed by atoms with van der Waals surface area (Å²) in [6, 6.07) is 4.46. The van der Waals surface area contributed by atoms with E-state index in [9.17, 15) is 22.7 Å². The highest BCUT2D eigenvalue weighted by Gasteiger charge is 2.14. The summed E-state index contributed by atoms with van der Waals surface area (Å²) in [5.74, 6) is -3.88. The number of benzene rings is 2. The van der Waals surface area contributed by atoms with E-state index in [0.717, 1.165) is 18.2 Å². The number of hydrogen-bond donors (Lipinski definition) is 2. The molecule has 0 aromatic heterocycles. The second kappa shape index (κ2) is 6.32. The Hall–Kier alpha value is -1.79. The Balaban J connectivity index is 2.11. The van der Waals surface area contributed by atoms with E-state index in [1.54, 1.807) is 0 Å². The average molecular weight is 320 g/mol. The molecule has 0 heterocycles. The minimum atomic E-state index is -1.22. The van der Waals surface area contributed by atoms with Gasteiger partial charge < -0.3 is 10.4 Å². The number of aliphatic hydroxyl groups excluding tert-OH is 1. The number of aliphatic hydroxyl groups is 1. The van der Waals surface area contributed by atoms with Gasteiger partial charge in [-0.15, -0.1) is 0 Å². The molecule has 1 unspecified atom stereocenters. The molecule has 2 rings (SSSR count). The van der Waals surface area contributed by atoms with E-state index in [-0.39, 0.29) is 22.8 Å². The van der Waals surface area contributed by atoms with Crippen LogP contribution in [0.25, 0.3) is 0 Å². The lowest BCUT2D eigenvalue weighted by Gasteiger charge is -2.15. The minimum Gasteiger partial charge on any atom is -0.387 e. The fraction of sp³-hybridized carbons (Fsp3) is 0.143. The number of rotatable bonds is 4. The van der Waals surface area contributed by atoms with Gasteiger partial charge in [-0.3, -0.25) is 0 Å². The van der Waals surface area contributed by atoms with Gasteiger partial charge in [0.2, 0.25) is 0 Å². The van der Waals surface area contributed by atoms with Gasteiger partial charge >= 0.3 is 0 Å². The van der Waals surface area contributed by atoms with Crippen molar-refractivity contribution < 1.29 is 22.7 Å². The van der Waals surface area contributed by atoms with Crippen molar-refractivity contribution in [1.82, 2.24) is 0 Å². The predicted octanol–water partition coefficient (Wildman–Crippen LogP) is 4.04. The maximum absolute atomic E-state index is 13.5. The first-order valence-electron chi connectivity index (χ1n) is 5.90. The van der Waals surface area contributed by atoms with E-state index in [2.05, 4.69) is 5.32 Å². The summed E-state index contributed by atoms with van der Waals surface area (Å²) >= 11 is 5.68. The Morgan fingerprint density at radius 2 is 1.71 bits per heavy atom. The molecule has 0 amide bonds. The van der Waals surface area contributed by atoms with Crippen molar-refractivity contribution in [3.8, 4) is 0 Å². The summed E-state index contributed by atoms with van der Waals surface area (Å²) in [5, 5.41) is 12.2. The summed E-state index contributed by atoms with van der Waals surface area (Å²) in [4.78, 5) is 0. The highest BCUT2D eigenvalue weighted by Crippen LogP contribution is 2.27. The summed E-state index contributed by atoms with van der Waals surface area (Å²) in [7, 11) is 0. The Morgan fingerprint density at radius 1 is 1.00 bits per heavy atom. The highest BCUT2D eigenvalue weighted by molar-refractivity contribution is 6.33. The van der Waals surface area contributed by atoms with Gasteiger partial charge in [0, 0.05) is 12.6 Å². The molecule has 2 nitrogen and oxygen atoms in total. The van der Waals surface area contributed by atoms with Crippen LogP contribution in [0.5, 0.6) is 0 Å². The lowest BCUT2D eigenvalue weighted by Crippen LogP contribution is -2.14. The summed E-state index contributed by atoms with van der Waals surface area (Å²) in [6.45, 7) is -0.215. The lowest BCUT2D eigenvalue weighted by atomic mass is 10.1. The first kappa shape index (κ1) is 15.6. The maximum Gasteiger partial charge on any atom is 0.159 e. The molecule has 0 radical (unpaired) electrons. The monoisotopic (exact) mass is 319 g/mol. The van der Waals surface area contributed by atoms with Crippen LogP contribution in [0.2, 0.25) is 5.02 Å². The Morgan fingerprint density at radius 3 is 2.33 bits per heavy atom. The van der Waals surface area contributed by atoms with Crippen LogP contribution in [-0.4, -0.2) is 11.7 Å². The van der Waals surface area contributed by atoms with Crippen LogP contribution in [0.4, 0.5) is 23.2 Å². The number of hydrogen-bond acceptors (Lipinski definition) is 2. The van der Waals surface area contributed by atoms with E-state index < -0.39 is 29.4 Å². The van der Waals surface area contributed by atoms with Crippen LogP contribution in [-0.2, 0) is 0 Å². The fourth-order valence-electron chi connectivity index (χ4n) is 1.75. The molecular weight excluding hydrogens is 310 g/mol. The van der Waals surface area contributed by atoms with Crippen molar-refractivity contribution in [1.29, 1.82) is 0 Å². The number of nitrogens with one attached hydrogen (secondary N) is 1. The molecule has 21 heavy (non-hydrogen) atoms. The Bertz CT molecular complexity index is 642. The van der Waals surface area contributed by atoms with Crippen molar-refractivity contribution >= 4 is 17.3 Å². The van der Waals surface area contributed by atoms with Crippen LogP contribution in [0.15, 0.2) is 30.3 Å². The van der Waals surface area contributed by atoms with E-state index in [4.69, 9.17) is 11.6 Å². The summed E-state index contributed by atoms with van der Waals surface area (Å²) in [6.07, 6.45) is -1.22. The lowest BCUT2D eigenvalue weighted by molar-refractivity contribution is 0.191. The molecule has 0 saturated heterocycles. The highest BCUT2D eigenvalue weighted by atomic mass is 35.5. The van der Waals surface area contributed by atoms with Gasteiger partial charge in [-0.05, 0) is 23.8 Å². The van der Waals surface area contributed by atoms with Gasteiger partial charge in [-0.25, -0.2) is 17.6 Å². The Kier molecular flexibility index (Phi) is 4.69. The van der Waals surface area contributed by atoms with Crippen molar-refractivity contribution in [3.63, 3.8) is 0 Å². The van der Waals surface area contributed by atoms with E-state index in [1.807, 2.05) is 0 Å². The first-order chi connectivity index (χ1) is 9.88. The van der Waals surface area contributed by atoms with Gasteiger partial charge in [-0.2, -0.15) is 0 Å². The second-order valence-electron chi connectivity index (χ2n) is 4.31. The van der Waals surface area contributed by atoms with Gasteiger partial charge in [0.1, 0.15) is 5.82 Å². The Labute approximate surface area is 123 Å². The smallest absolute Gasteiger partial charge is 0.159 e. The standard InChI is InChI=1S/C14H10ClF4NO/c15-9-4-8(16)5-12(19)14(9)20-6-13(21)7-1-2-10(17)11(18)3-7/h1-5,13,20-21H,6H2. The average Bonchev–Trinajstić information content (AvgIpc) is 2.40. The second-order valence-corrected chi connectivity index (χ2v) is 4.72. The summed E-state index contributed by atoms with van der Waals surface area (Å²) in [5.41, 5.74) is -0.0697. The molecule has 0 fully saturated rings. The fourth-order valence-corrected chi connectivity index (χ4v) is 2.01. The topological polar surface area (TPSA) is 32.3 Å². The van der Waals surface area contributed by atoms with Crippen LogP contribution in [0.3, 0.4) is 0 Å². The molecule has 112 valence electrons. The SMILES string of the molecule is OC(CNc1c(F)cc(F)cc1Cl)c1ccc(F)c(F)c1. The van der Waals surface area contributed by atoms with E-state index in [1.165, 1.54) is 6.07 Å². The zero-order valence-corrected chi connectivity index (χ0v) is 11.3.